The predicted molar refractivity (Wildman–Crippen MR) is 118 cm³/mol. The van der Waals surface area contributed by atoms with E-state index >= 15 is 0 Å². The zero-order chi connectivity index (χ0) is 21.4. The van der Waals surface area contributed by atoms with Crippen molar-refractivity contribution in [3.05, 3.63) is 18.2 Å². The molecule has 0 saturated heterocycles. The Balaban J connectivity index is 2.06. The standard InChI is InChI=1S/C20H24N4O3S2/c1-5-8-16(21-13(4)25)19(27)22-14-9-10-15-17(11-14)29-20(23-15)28-12-18(26)24(6-2)7-3/h1,9-11,16H,6-8,12H2,2-4H3,(H,21,25)(H,22,27). The van der Waals surface area contributed by atoms with Gasteiger partial charge in [-0.25, -0.2) is 4.98 Å². The molecule has 154 valence electrons. The van der Waals surface area contributed by atoms with E-state index in [1.807, 2.05) is 26.0 Å². The first-order valence-corrected chi connectivity index (χ1v) is 11.0. The van der Waals surface area contributed by atoms with Crippen LogP contribution in [-0.2, 0) is 14.4 Å². The number of nitrogens with one attached hydrogen (secondary N) is 2. The van der Waals surface area contributed by atoms with E-state index in [9.17, 15) is 14.4 Å². The van der Waals surface area contributed by atoms with Gasteiger partial charge in [-0.15, -0.1) is 23.7 Å². The number of amides is 3. The molecule has 9 heteroatoms. The maximum atomic E-state index is 12.4. The van der Waals surface area contributed by atoms with Gasteiger partial charge in [-0.2, -0.15) is 0 Å². The number of rotatable bonds is 9. The molecule has 7 nitrogen and oxygen atoms in total. The Kier molecular flexibility index (Phi) is 8.49. The van der Waals surface area contributed by atoms with Crippen LogP contribution in [0.5, 0.6) is 0 Å². The maximum absolute atomic E-state index is 12.4. The molecule has 0 fully saturated rings. The van der Waals surface area contributed by atoms with Crippen LogP contribution in [0.4, 0.5) is 5.69 Å². The van der Waals surface area contributed by atoms with Gasteiger partial charge in [0, 0.05) is 32.1 Å². The number of terminal acetylenes is 1. The van der Waals surface area contributed by atoms with Crippen molar-refractivity contribution in [3.8, 4) is 12.3 Å². The summed E-state index contributed by atoms with van der Waals surface area (Å²) in [5.41, 5.74) is 1.39. The van der Waals surface area contributed by atoms with E-state index in [0.29, 0.717) is 24.5 Å². The molecule has 29 heavy (non-hydrogen) atoms. The lowest BCUT2D eigenvalue weighted by atomic mass is 10.2. The molecule has 1 heterocycles. The van der Waals surface area contributed by atoms with E-state index in [-0.39, 0.29) is 24.1 Å². The molecule has 2 rings (SSSR count). The first-order chi connectivity index (χ1) is 13.9. The van der Waals surface area contributed by atoms with Crippen LogP contribution in [0.25, 0.3) is 10.2 Å². The van der Waals surface area contributed by atoms with E-state index in [4.69, 9.17) is 6.42 Å². The fraction of sp³-hybridized carbons (Fsp3) is 0.400. The number of hydrogen-bond acceptors (Lipinski definition) is 6. The number of anilines is 1. The second-order valence-corrected chi connectivity index (χ2v) is 8.42. The third-order valence-corrected chi connectivity index (χ3v) is 6.23. The molecule has 2 aromatic rings. The topological polar surface area (TPSA) is 91.4 Å². The molecule has 1 atom stereocenters. The van der Waals surface area contributed by atoms with Gasteiger partial charge >= 0.3 is 0 Å². The van der Waals surface area contributed by atoms with Gasteiger partial charge in [-0.3, -0.25) is 14.4 Å². The number of thioether (sulfide) groups is 1. The Bertz CT molecular complexity index is 931. The van der Waals surface area contributed by atoms with Crippen LogP contribution in [0, 0.1) is 12.3 Å². The van der Waals surface area contributed by atoms with Crippen molar-refractivity contribution in [1.29, 1.82) is 0 Å². The van der Waals surface area contributed by atoms with E-state index < -0.39 is 6.04 Å². The fourth-order valence-corrected chi connectivity index (χ4v) is 4.65. The summed E-state index contributed by atoms with van der Waals surface area (Å²) in [6.07, 6.45) is 5.39. The van der Waals surface area contributed by atoms with Crippen LogP contribution >= 0.6 is 23.1 Å². The highest BCUT2D eigenvalue weighted by molar-refractivity contribution is 8.01. The summed E-state index contributed by atoms with van der Waals surface area (Å²) >= 11 is 2.88. The minimum atomic E-state index is -0.785. The van der Waals surface area contributed by atoms with Crippen LogP contribution in [0.3, 0.4) is 0 Å². The summed E-state index contributed by atoms with van der Waals surface area (Å²) in [6, 6.07) is 4.59. The summed E-state index contributed by atoms with van der Waals surface area (Å²) in [4.78, 5) is 42.1. The average Bonchev–Trinajstić information content (AvgIpc) is 3.09. The highest BCUT2D eigenvalue weighted by atomic mass is 32.2. The van der Waals surface area contributed by atoms with E-state index in [1.54, 1.807) is 11.0 Å². The molecule has 1 unspecified atom stereocenters. The molecule has 0 aliphatic heterocycles. The van der Waals surface area contributed by atoms with Crippen LogP contribution < -0.4 is 10.6 Å². The number of aromatic nitrogens is 1. The summed E-state index contributed by atoms with van der Waals surface area (Å²) < 4.78 is 1.70. The van der Waals surface area contributed by atoms with E-state index in [0.717, 1.165) is 14.6 Å². The maximum Gasteiger partial charge on any atom is 0.247 e. The molecule has 2 N–H and O–H groups in total. The fourth-order valence-electron chi connectivity index (χ4n) is 2.64. The van der Waals surface area contributed by atoms with Gasteiger partial charge in [0.2, 0.25) is 17.7 Å². The molecule has 1 aromatic heterocycles. The van der Waals surface area contributed by atoms with Crippen LogP contribution in [0.1, 0.15) is 27.2 Å². The van der Waals surface area contributed by atoms with Gasteiger partial charge in [-0.05, 0) is 32.0 Å². The Morgan fingerprint density at radius 3 is 2.66 bits per heavy atom. The number of nitrogens with zero attached hydrogens (tertiary/aromatic N) is 2. The largest absolute Gasteiger partial charge is 0.344 e. The third-order valence-electron chi connectivity index (χ3n) is 4.09. The van der Waals surface area contributed by atoms with Crippen molar-refractivity contribution in [2.45, 2.75) is 37.6 Å². The molecule has 0 radical (unpaired) electrons. The molecule has 3 amide bonds. The summed E-state index contributed by atoms with van der Waals surface area (Å²) in [7, 11) is 0. The molecule has 0 bridgehead atoms. The molecule has 0 spiro atoms. The van der Waals surface area contributed by atoms with Crippen molar-refractivity contribution in [1.82, 2.24) is 15.2 Å². The zero-order valence-corrected chi connectivity index (χ0v) is 18.3. The zero-order valence-electron chi connectivity index (χ0n) is 16.7. The SMILES string of the molecule is C#CCC(NC(C)=O)C(=O)Nc1ccc2nc(SCC(=O)N(CC)CC)sc2c1. The second-order valence-electron chi connectivity index (χ2n) is 6.17. The lowest BCUT2D eigenvalue weighted by Gasteiger charge is -2.17. The average molecular weight is 433 g/mol. The highest BCUT2D eigenvalue weighted by Crippen LogP contribution is 2.31. The van der Waals surface area contributed by atoms with Gasteiger partial charge in [0.25, 0.3) is 0 Å². The monoisotopic (exact) mass is 432 g/mol. The first-order valence-electron chi connectivity index (χ1n) is 9.20. The number of carbonyl (C=O) groups is 3. The highest BCUT2D eigenvalue weighted by Gasteiger charge is 2.19. The Morgan fingerprint density at radius 1 is 1.31 bits per heavy atom. The van der Waals surface area contributed by atoms with Crippen LogP contribution in [-0.4, -0.2) is 52.5 Å². The molecule has 1 aromatic carbocycles. The number of fused-ring (bicyclic) bond motifs is 1. The molecule has 0 saturated carbocycles. The van der Waals surface area contributed by atoms with Gasteiger partial charge in [0.15, 0.2) is 4.34 Å². The molecule has 0 aliphatic rings. The first kappa shape index (κ1) is 22.7. The molecular weight excluding hydrogens is 408 g/mol. The smallest absolute Gasteiger partial charge is 0.247 e. The van der Waals surface area contributed by atoms with E-state index in [2.05, 4.69) is 21.5 Å². The molecular formula is C20H24N4O3S2. The normalized spacial score (nSPS) is 11.5. The summed E-state index contributed by atoms with van der Waals surface area (Å²) in [5.74, 6) is 2.13. The lowest BCUT2D eigenvalue weighted by Crippen LogP contribution is -2.42. The van der Waals surface area contributed by atoms with Gasteiger partial charge < -0.3 is 15.5 Å². The minimum absolute atomic E-state index is 0.0877. The third kappa shape index (κ3) is 6.48. The van der Waals surface area contributed by atoms with E-state index in [1.165, 1.54) is 30.0 Å². The number of carbonyl (C=O) groups excluding carboxylic acids is 3. The lowest BCUT2D eigenvalue weighted by molar-refractivity contribution is -0.128. The summed E-state index contributed by atoms with van der Waals surface area (Å²) in [5, 5.41) is 5.32. The van der Waals surface area contributed by atoms with Crippen molar-refractivity contribution in [2.75, 3.05) is 24.2 Å². The van der Waals surface area contributed by atoms with Crippen molar-refractivity contribution >= 4 is 56.7 Å². The molecule has 0 aliphatic carbocycles. The second kappa shape index (κ2) is 10.8. The van der Waals surface area contributed by atoms with Gasteiger partial charge in [0.05, 0.1) is 16.0 Å². The Morgan fingerprint density at radius 2 is 2.03 bits per heavy atom. The number of thiazole rings is 1. The number of benzene rings is 1. The Labute approximate surface area is 178 Å². The minimum Gasteiger partial charge on any atom is -0.344 e. The quantitative estimate of drug-likeness (QED) is 0.470. The van der Waals surface area contributed by atoms with Crippen molar-refractivity contribution in [2.24, 2.45) is 0 Å². The van der Waals surface area contributed by atoms with Gasteiger partial charge in [-0.1, -0.05) is 11.8 Å². The predicted octanol–water partition coefficient (Wildman–Crippen LogP) is 2.72. The Hall–Kier alpha value is -2.57. The van der Waals surface area contributed by atoms with Crippen LogP contribution in [0.2, 0.25) is 0 Å². The van der Waals surface area contributed by atoms with Crippen LogP contribution in [0.15, 0.2) is 22.5 Å². The van der Waals surface area contributed by atoms with Gasteiger partial charge in [0.1, 0.15) is 6.04 Å². The van der Waals surface area contributed by atoms with Crippen molar-refractivity contribution in [3.63, 3.8) is 0 Å². The van der Waals surface area contributed by atoms with Crippen molar-refractivity contribution < 1.29 is 14.4 Å². The summed E-state index contributed by atoms with van der Waals surface area (Å²) in [6.45, 7) is 6.64. The number of hydrogen-bond donors (Lipinski definition) is 2.